The van der Waals surface area contributed by atoms with Crippen molar-refractivity contribution >= 4 is 11.9 Å². The molecular weight excluding hydrogens is 442 g/mol. The van der Waals surface area contributed by atoms with Gasteiger partial charge in [-0.2, -0.15) is 13.2 Å². The Morgan fingerprint density at radius 3 is 2.41 bits per heavy atom. The zero-order valence-corrected chi connectivity index (χ0v) is 16.6. The molecule has 2 aromatic carbocycles. The summed E-state index contributed by atoms with van der Waals surface area (Å²) in [5.74, 6) is -3.39. The lowest BCUT2D eigenvalue weighted by Crippen LogP contribution is -2.28. The van der Waals surface area contributed by atoms with Crippen molar-refractivity contribution in [3.05, 3.63) is 53.3 Å². The fraction of sp³-hybridized carbons (Fsp3) is 0.300. The van der Waals surface area contributed by atoms with E-state index in [9.17, 15) is 27.5 Å². The van der Waals surface area contributed by atoms with E-state index in [-0.39, 0.29) is 18.9 Å². The Kier molecular flexibility index (Phi) is 8.24. The molecule has 0 radical (unpaired) electrons. The SMILES string of the molecule is COc1cccc(C(NCc2ccc3c(c2F)OCCO3)C(=O)O)c1.O=C(O)C(F)(F)F. The fourth-order valence-corrected chi connectivity index (χ4v) is 2.64. The quantitative estimate of drug-likeness (QED) is 0.563. The molecule has 0 aromatic heterocycles. The molecule has 1 unspecified atom stereocenters. The number of benzene rings is 2. The smallest absolute Gasteiger partial charge is 0.490 e. The summed E-state index contributed by atoms with van der Waals surface area (Å²) in [5.41, 5.74) is 0.822. The van der Waals surface area contributed by atoms with Crippen molar-refractivity contribution in [3.63, 3.8) is 0 Å². The van der Waals surface area contributed by atoms with Gasteiger partial charge in [-0.15, -0.1) is 0 Å². The number of hydrogen-bond acceptors (Lipinski definition) is 6. The lowest BCUT2D eigenvalue weighted by molar-refractivity contribution is -0.192. The van der Waals surface area contributed by atoms with Crippen molar-refractivity contribution < 1.29 is 51.6 Å². The largest absolute Gasteiger partial charge is 0.497 e. The molecule has 32 heavy (non-hydrogen) atoms. The predicted molar refractivity (Wildman–Crippen MR) is 101 cm³/mol. The van der Waals surface area contributed by atoms with E-state index < -0.39 is 30.0 Å². The maximum Gasteiger partial charge on any atom is 0.490 e. The first-order chi connectivity index (χ1) is 15.0. The number of fused-ring (bicyclic) bond motifs is 1. The Hall–Kier alpha value is -3.54. The van der Waals surface area contributed by atoms with Crippen LogP contribution in [0.1, 0.15) is 17.2 Å². The van der Waals surface area contributed by atoms with Crippen molar-refractivity contribution in [2.75, 3.05) is 20.3 Å². The van der Waals surface area contributed by atoms with Crippen molar-refractivity contribution in [2.24, 2.45) is 0 Å². The van der Waals surface area contributed by atoms with Crippen LogP contribution in [0.5, 0.6) is 17.2 Å². The fourth-order valence-electron chi connectivity index (χ4n) is 2.64. The lowest BCUT2D eigenvalue weighted by Gasteiger charge is -2.21. The number of nitrogens with one attached hydrogen (secondary N) is 1. The van der Waals surface area contributed by atoms with Gasteiger partial charge in [0.1, 0.15) is 25.0 Å². The van der Waals surface area contributed by atoms with E-state index in [0.717, 1.165) is 0 Å². The molecule has 0 aliphatic carbocycles. The molecule has 0 saturated carbocycles. The van der Waals surface area contributed by atoms with E-state index in [1.165, 1.54) is 7.11 Å². The Labute approximate surface area is 179 Å². The van der Waals surface area contributed by atoms with Crippen LogP contribution < -0.4 is 19.5 Å². The highest BCUT2D eigenvalue weighted by Gasteiger charge is 2.38. The maximum atomic E-state index is 14.5. The Morgan fingerprint density at radius 1 is 1.16 bits per heavy atom. The summed E-state index contributed by atoms with van der Waals surface area (Å²) in [4.78, 5) is 20.5. The van der Waals surface area contributed by atoms with Crippen LogP contribution in [0.3, 0.4) is 0 Å². The summed E-state index contributed by atoms with van der Waals surface area (Å²) in [6, 6.07) is 8.92. The summed E-state index contributed by atoms with van der Waals surface area (Å²) in [7, 11) is 1.51. The van der Waals surface area contributed by atoms with E-state index in [1.807, 2.05) is 0 Å². The van der Waals surface area contributed by atoms with Gasteiger partial charge in [0.25, 0.3) is 0 Å². The standard InChI is InChI=1S/C18H18FNO5.C2HF3O2/c1-23-13-4-2-3-11(9-13)16(18(21)22)20-10-12-5-6-14-17(15(12)19)25-8-7-24-14;3-2(4,5)1(6)7/h2-6,9,16,20H,7-8,10H2,1H3,(H,21,22);(H,6,7). The van der Waals surface area contributed by atoms with Gasteiger partial charge in [0.05, 0.1) is 7.11 Å². The van der Waals surface area contributed by atoms with Crippen molar-refractivity contribution in [1.29, 1.82) is 0 Å². The van der Waals surface area contributed by atoms with Gasteiger partial charge in [-0.05, 0) is 23.8 Å². The van der Waals surface area contributed by atoms with Gasteiger partial charge in [-0.25, -0.2) is 9.18 Å². The number of carboxylic acid groups (broad SMARTS) is 2. The second-order valence-electron chi connectivity index (χ2n) is 6.29. The molecule has 174 valence electrons. The molecular formula is C20H19F4NO7. The summed E-state index contributed by atoms with van der Waals surface area (Å²) in [5, 5.41) is 19.5. The van der Waals surface area contributed by atoms with Crippen molar-refractivity contribution in [1.82, 2.24) is 5.32 Å². The van der Waals surface area contributed by atoms with Crippen LogP contribution in [0.2, 0.25) is 0 Å². The molecule has 0 saturated heterocycles. The first-order valence-electron chi connectivity index (χ1n) is 9.01. The van der Waals surface area contributed by atoms with Crippen LogP contribution >= 0.6 is 0 Å². The molecule has 8 nitrogen and oxygen atoms in total. The van der Waals surface area contributed by atoms with Crippen LogP contribution in [0, 0.1) is 5.82 Å². The highest BCUT2D eigenvalue weighted by molar-refractivity contribution is 5.75. The summed E-state index contributed by atoms with van der Waals surface area (Å²) < 4.78 is 62.0. The highest BCUT2D eigenvalue weighted by atomic mass is 19.4. The normalized spacial score (nSPS) is 13.4. The monoisotopic (exact) mass is 461 g/mol. The minimum Gasteiger partial charge on any atom is -0.497 e. The van der Waals surface area contributed by atoms with Crippen LogP contribution in [-0.2, 0) is 16.1 Å². The molecule has 1 atom stereocenters. The minimum atomic E-state index is -5.08. The molecule has 12 heteroatoms. The van der Waals surface area contributed by atoms with E-state index in [2.05, 4.69) is 5.32 Å². The molecule has 0 spiro atoms. The second-order valence-corrected chi connectivity index (χ2v) is 6.29. The summed E-state index contributed by atoms with van der Waals surface area (Å²) >= 11 is 0. The van der Waals surface area contributed by atoms with Gasteiger partial charge in [0.2, 0.25) is 0 Å². The van der Waals surface area contributed by atoms with Crippen molar-refractivity contribution in [3.8, 4) is 17.2 Å². The zero-order chi connectivity index (χ0) is 23.9. The van der Waals surface area contributed by atoms with Gasteiger partial charge in [-0.3, -0.25) is 10.1 Å². The third-order valence-corrected chi connectivity index (χ3v) is 4.14. The molecule has 1 aliphatic heterocycles. The van der Waals surface area contributed by atoms with E-state index in [4.69, 9.17) is 24.1 Å². The Bertz CT molecular complexity index is 965. The van der Waals surface area contributed by atoms with Crippen LogP contribution in [0.4, 0.5) is 17.6 Å². The molecule has 0 bridgehead atoms. The molecule has 0 fully saturated rings. The Balaban J connectivity index is 0.000000451. The van der Waals surface area contributed by atoms with Gasteiger partial charge >= 0.3 is 18.1 Å². The maximum absolute atomic E-state index is 14.5. The number of carbonyl (C=O) groups is 2. The molecule has 2 aromatic rings. The zero-order valence-electron chi connectivity index (χ0n) is 16.6. The summed E-state index contributed by atoms with van der Waals surface area (Å²) in [6.07, 6.45) is -5.08. The second kappa shape index (κ2) is 10.7. The van der Waals surface area contributed by atoms with Crippen LogP contribution in [0.15, 0.2) is 36.4 Å². The van der Waals surface area contributed by atoms with Gasteiger partial charge in [-0.1, -0.05) is 18.2 Å². The van der Waals surface area contributed by atoms with E-state index >= 15 is 0 Å². The predicted octanol–water partition coefficient (Wildman–Crippen LogP) is 3.15. The lowest BCUT2D eigenvalue weighted by atomic mass is 10.1. The molecule has 3 N–H and O–H groups in total. The average molecular weight is 461 g/mol. The number of carboxylic acids is 2. The third kappa shape index (κ3) is 6.48. The van der Waals surface area contributed by atoms with Crippen molar-refractivity contribution in [2.45, 2.75) is 18.8 Å². The number of hydrogen-bond donors (Lipinski definition) is 3. The molecule has 1 heterocycles. The van der Waals surface area contributed by atoms with Gasteiger partial charge < -0.3 is 24.4 Å². The number of ether oxygens (including phenoxy) is 3. The first-order valence-corrected chi connectivity index (χ1v) is 9.01. The third-order valence-electron chi connectivity index (χ3n) is 4.14. The summed E-state index contributed by atoms with van der Waals surface area (Å²) in [6.45, 7) is 0.681. The van der Waals surface area contributed by atoms with Crippen LogP contribution in [-0.4, -0.2) is 48.7 Å². The molecule has 3 rings (SSSR count). The van der Waals surface area contributed by atoms with Gasteiger partial charge in [0.15, 0.2) is 17.3 Å². The number of aliphatic carboxylic acids is 2. The average Bonchev–Trinajstić information content (AvgIpc) is 2.75. The highest BCUT2D eigenvalue weighted by Crippen LogP contribution is 2.34. The molecule has 0 amide bonds. The first kappa shape index (κ1) is 24.7. The number of halogens is 4. The van der Waals surface area contributed by atoms with Gasteiger partial charge in [0, 0.05) is 12.1 Å². The minimum absolute atomic E-state index is 0.0245. The van der Waals surface area contributed by atoms with E-state index in [0.29, 0.717) is 29.2 Å². The number of methoxy groups -OCH3 is 1. The Morgan fingerprint density at radius 2 is 1.81 bits per heavy atom. The molecule has 1 aliphatic rings. The van der Waals surface area contributed by atoms with E-state index in [1.54, 1.807) is 36.4 Å². The topological polar surface area (TPSA) is 114 Å². The van der Waals surface area contributed by atoms with Crippen LogP contribution in [0.25, 0.3) is 0 Å². The number of rotatable bonds is 6. The number of alkyl halides is 3.